The maximum atomic E-state index is 12.6. The van der Waals surface area contributed by atoms with Crippen LogP contribution in [0.3, 0.4) is 0 Å². The fourth-order valence-corrected chi connectivity index (χ4v) is 3.29. The summed E-state index contributed by atoms with van der Waals surface area (Å²) in [6, 6.07) is 3.27. The van der Waals surface area contributed by atoms with E-state index in [0.717, 1.165) is 0 Å². The highest BCUT2D eigenvalue weighted by Crippen LogP contribution is 2.36. The van der Waals surface area contributed by atoms with Crippen molar-refractivity contribution in [3.05, 3.63) is 17.2 Å². The number of halogens is 1. The second kappa shape index (κ2) is 9.12. The first kappa shape index (κ1) is 20.4. The standard InChI is InChI=1S/C19H27ClN2O4/c1-12(2)9-18(23)22-7-5-13(6-8-22)19(24)21-15-11-16(25-3)14(20)10-17(15)26-4/h10-13H,5-9H2,1-4H3,(H,21,24). The van der Waals surface area contributed by atoms with E-state index in [1.54, 1.807) is 12.1 Å². The Morgan fingerprint density at radius 3 is 2.35 bits per heavy atom. The number of nitrogens with one attached hydrogen (secondary N) is 1. The number of anilines is 1. The Labute approximate surface area is 159 Å². The molecule has 1 saturated heterocycles. The molecule has 2 rings (SSSR count). The predicted molar refractivity (Wildman–Crippen MR) is 102 cm³/mol. The van der Waals surface area contributed by atoms with Gasteiger partial charge >= 0.3 is 0 Å². The number of piperidine rings is 1. The van der Waals surface area contributed by atoms with Crippen LogP contribution in [0.2, 0.25) is 5.02 Å². The van der Waals surface area contributed by atoms with Gasteiger partial charge in [0.2, 0.25) is 11.8 Å². The third kappa shape index (κ3) is 5.04. The zero-order valence-corrected chi connectivity index (χ0v) is 16.6. The molecular formula is C19H27ClN2O4. The summed E-state index contributed by atoms with van der Waals surface area (Å²) in [6.07, 6.45) is 1.87. The lowest BCUT2D eigenvalue weighted by molar-refractivity contribution is -0.135. The lowest BCUT2D eigenvalue weighted by Crippen LogP contribution is -2.41. The van der Waals surface area contributed by atoms with Crippen LogP contribution in [0, 0.1) is 11.8 Å². The molecule has 26 heavy (non-hydrogen) atoms. The highest BCUT2D eigenvalue weighted by atomic mass is 35.5. The van der Waals surface area contributed by atoms with Crippen molar-refractivity contribution >= 4 is 29.1 Å². The minimum Gasteiger partial charge on any atom is -0.495 e. The molecule has 1 aromatic rings. The number of amides is 2. The molecule has 0 bridgehead atoms. The fraction of sp³-hybridized carbons (Fsp3) is 0.579. The Balaban J connectivity index is 1.98. The van der Waals surface area contributed by atoms with Crippen molar-refractivity contribution in [3.63, 3.8) is 0 Å². The molecule has 6 nitrogen and oxygen atoms in total. The van der Waals surface area contributed by atoms with Crippen molar-refractivity contribution in [2.75, 3.05) is 32.6 Å². The summed E-state index contributed by atoms with van der Waals surface area (Å²) in [5, 5.41) is 3.32. The number of likely N-dealkylation sites (tertiary alicyclic amines) is 1. The van der Waals surface area contributed by atoms with Crippen molar-refractivity contribution in [3.8, 4) is 11.5 Å². The van der Waals surface area contributed by atoms with Crippen LogP contribution in [0.25, 0.3) is 0 Å². The smallest absolute Gasteiger partial charge is 0.227 e. The Kier molecular flexibility index (Phi) is 7.14. The predicted octanol–water partition coefficient (Wildman–Crippen LogP) is 3.58. The maximum absolute atomic E-state index is 12.6. The molecule has 1 heterocycles. The van der Waals surface area contributed by atoms with Gasteiger partial charge < -0.3 is 19.7 Å². The van der Waals surface area contributed by atoms with Gasteiger partial charge in [0.25, 0.3) is 0 Å². The molecule has 0 radical (unpaired) electrons. The molecule has 0 saturated carbocycles. The highest BCUT2D eigenvalue weighted by molar-refractivity contribution is 6.32. The number of rotatable bonds is 6. The zero-order chi connectivity index (χ0) is 19.3. The van der Waals surface area contributed by atoms with Crippen molar-refractivity contribution < 1.29 is 19.1 Å². The Bertz CT molecular complexity index is 655. The summed E-state index contributed by atoms with van der Waals surface area (Å²) in [4.78, 5) is 26.6. The summed E-state index contributed by atoms with van der Waals surface area (Å²) >= 11 is 6.09. The van der Waals surface area contributed by atoms with Crippen LogP contribution >= 0.6 is 11.6 Å². The van der Waals surface area contributed by atoms with Crippen LogP contribution in [0.1, 0.15) is 33.1 Å². The summed E-state index contributed by atoms with van der Waals surface area (Å²) in [5.74, 6) is 1.25. The molecule has 7 heteroatoms. The second-order valence-corrected chi connectivity index (χ2v) is 7.34. The molecule has 1 aliphatic heterocycles. The van der Waals surface area contributed by atoms with Gasteiger partial charge in [0, 0.05) is 37.6 Å². The number of nitrogens with zero attached hydrogens (tertiary/aromatic N) is 1. The van der Waals surface area contributed by atoms with Crippen LogP contribution in [0.15, 0.2) is 12.1 Å². The van der Waals surface area contributed by atoms with Gasteiger partial charge in [-0.25, -0.2) is 0 Å². The van der Waals surface area contributed by atoms with Crippen LogP contribution in [-0.2, 0) is 9.59 Å². The van der Waals surface area contributed by atoms with E-state index >= 15 is 0 Å². The molecule has 0 atom stereocenters. The first-order valence-electron chi connectivity index (χ1n) is 8.85. The van der Waals surface area contributed by atoms with E-state index in [1.807, 2.05) is 18.7 Å². The molecule has 1 N–H and O–H groups in total. The monoisotopic (exact) mass is 382 g/mol. The number of carbonyl (C=O) groups excluding carboxylic acids is 2. The van der Waals surface area contributed by atoms with E-state index in [2.05, 4.69) is 5.32 Å². The normalized spacial score (nSPS) is 15.1. The summed E-state index contributed by atoms with van der Waals surface area (Å²) < 4.78 is 10.5. The van der Waals surface area contributed by atoms with Gasteiger partial charge in [-0.1, -0.05) is 25.4 Å². The van der Waals surface area contributed by atoms with E-state index < -0.39 is 0 Å². The van der Waals surface area contributed by atoms with Crippen LogP contribution < -0.4 is 14.8 Å². The minimum absolute atomic E-state index is 0.0800. The number of carbonyl (C=O) groups is 2. The molecule has 1 aromatic carbocycles. The Hall–Kier alpha value is -1.95. The Morgan fingerprint density at radius 1 is 1.19 bits per heavy atom. The summed E-state index contributed by atoms with van der Waals surface area (Å²) in [5.41, 5.74) is 0.525. The third-order valence-electron chi connectivity index (χ3n) is 4.53. The van der Waals surface area contributed by atoms with E-state index in [4.69, 9.17) is 21.1 Å². The average Bonchev–Trinajstić information content (AvgIpc) is 2.62. The molecular weight excluding hydrogens is 356 g/mol. The summed E-state index contributed by atoms with van der Waals surface area (Å²) in [7, 11) is 3.04. The largest absolute Gasteiger partial charge is 0.495 e. The zero-order valence-electron chi connectivity index (χ0n) is 15.8. The van der Waals surface area contributed by atoms with Crippen LogP contribution in [0.5, 0.6) is 11.5 Å². The molecule has 0 spiro atoms. The number of hydrogen-bond acceptors (Lipinski definition) is 4. The maximum Gasteiger partial charge on any atom is 0.227 e. The van der Waals surface area contributed by atoms with Crippen molar-refractivity contribution in [1.29, 1.82) is 0 Å². The van der Waals surface area contributed by atoms with E-state index in [1.165, 1.54) is 14.2 Å². The molecule has 144 valence electrons. The van der Waals surface area contributed by atoms with Gasteiger partial charge in [0.1, 0.15) is 11.5 Å². The average molecular weight is 383 g/mol. The second-order valence-electron chi connectivity index (χ2n) is 6.93. The van der Waals surface area contributed by atoms with Crippen molar-refractivity contribution in [2.45, 2.75) is 33.1 Å². The quantitative estimate of drug-likeness (QED) is 0.816. The van der Waals surface area contributed by atoms with Gasteiger partial charge in [0.05, 0.1) is 24.9 Å². The molecule has 2 amide bonds. The SMILES string of the molecule is COc1cc(NC(=O)C2CCN(C(=O)CC(C)C)CC2)c(OC)cc1Cl. The summed E-state index contributed by atoms with van der Waals surface area (Å²) in [6.45, 7) is 5.30. The fourth-order valence-electron chi connectivity index (χ4n) is 3.06. The van der Waals surface area contributed by atoms with E-state index in [0.29, 0.717) is 60.5 Å². The van der Waals surface area contributed by atoms with Gasteiger partial charge in [-0.05, 0) is 18.8 Å². The Morgan fingerprint density at radius 2 is 1.81 bits per heavy atom. The molecule has 1 fully saturated rings. The number of methoxy groups -OCH3 is 2. The first-order valence-corrected chi connectivity index (χ1v) is 9.23. The number of benzene rings is 1. The highest BCUT2D eigenvalue weighted by Gasteiger charge is 2.28. The van der Waals surface area contributed by atoms with Gasteiger partial charge in [-0.15, -0.1) is 0 Å². The lowest BCUT2D eigenvalue weighted by atomic mass is 9.95. The molecule has 1 aliphatic rings. The van der Waals surface area contributed by atoms with Gasteiger partial charge in [0.15, 0.2) is 0 Å². The molecule has 0 unspecified atom stereocenters. The number of hydrogen-bond donors (Lipinski definition) is 1. The van der Waals surface area contributed by atoms with Crippen molar-refractivity contribution in [1.82, 2.24) is 4.90 Å². The van der Waals surface area contributed by atoms with Crippen LogP contribution in [-0.4, -0.2) is 44.0 Å². The minimum atomic E-state index is -0.135. The molecule has 0 aromatic heterocycles. The van der Waals surface area contributed by atoms with E-state index in [9.17, 15) is 9.59 Å². The molecule has 0 aliphatic carbocycles. The first-order chi connectivity index (χ1) is 12.3. The van der Waals surface area contributed by atoms with Gasteiger partial charge in [-0.2, -0.15) is 0 Å². The third-order valence-corrected chi connectivity index (χ3v) is 4.83. The van der Waals surface area contributed by atoms with Crippen molar-refractivity contribution in [2.24, 2.45) is 11.8 Å². The van der Waals surface area contributed by atoms with Crippen LogP contribution in [0.4, 0.5) is 5.69 Å². The topological polar surface area (TPSA) is 67.9 Å². The lowest BCUT2D eigenvalue weighted by Gasteiger charge is -2.32. The number of ether oxygens (including phenoxy) is 2. The van der Waals surface area contributed by atoms with Gasteiger partial charge in [-0.3, -0.25) is 9.59 Å². The van der Waals surface area contributed by atoms with E-state index in [-0.39, 0.29) is 17.7 Å².